The molecule has 0 radical (unpaired) electrons. The summed E-state index contributed by atoms with van der Waals surface area (Å²) < 4.78 is 5.48. The quantitative estimate of drug-likeness (QED) is 0.853. The Bertz CT molecular complexity index is 390. The van der Waals surface area contributed by atoms with E-state index in [4.69, 9.17) is 10.5 Å². The number of rotatable bonds is 6. The van der Waals surface area contributed by atoms with Crippen LogP contribution in [0.15, 0.2) is 24.3 Å². The van der Waals surface area contributed by atoms with Crippen LogP contribution in [0, 0.1) is 5.92 Å². The summed E-state index contributed by atoms with van der Waals surface area (Å²) in [4.78, 5) is 0. The van der Waals surface area contributed by atoms with Crippen LogP contribution >= 0.6 is 0 Å². The molecule has 0 aliphatic carbocycles. The summed E-state index contributed by atoms with van der Waals surface area (Å²) >= 11 is 0. The van der Waals surface area contributed by atoms with Crippen LogP contribution in [0.2, 0.25) is 0 Å². The van der Waals surface area contributed by atoms with E-state index in [0.29, 0.717) is 5.92 Å². The van der Waals surface area contributed by atoms with Crippen LogP contribution in [0.25, 0.3) is 0 Å². The second kappa shape index (κ2) is 6.06. The lowest BCUT2D eigenvalue weighted by molar-refractivity contribution is -0.0656. The smallest absolute Gasteiger partial charge is 0.0585 e. The highest BCUT2D eigenvalue weighted by atomic mass is 16.5. The van der Waals surface area contributed by atoms with Crippen LogP contribution in [0.3, 0.4) is 0 Å². The van der Waals surface area contributed by atoms with Gasteiger partial charge in [-0.1, -0.05) is 38.1 Å². The van der Waals surface area contributed by atoms with Crippen molar-refractivity contribution in [3.8, 4) is 0 Å². The summed E-state index contributed by atoms with van der Waals surface area (Å²) in [6.07, 6.45) is 3.36. The highest BCUT2D eigenvalue weighted by Crippen LogP contribution is 2.37. The Morgan fingerprint density at radius 3 is 2.21 bits per heavy atom. The van der Waals surface area contributed by atoms with Gasteiger partial charge in [-0.25, -0.2) is 0 Å². The molecule has 0 saturated carbocycles. The van der Waals surface area contributed by atoms with Gasteiger partial charge in [0.15, 0.2) is 0 Å². The fourth-order valence-corrected chi connectivity index (χ4v) is 2.77. The molecule has 0 spiro atoms. The number of hydrogen-bond acceptors (Lipinski definition) is 2. The van der Waals surface area contributed by atoms with Crippen molar-refractivity contribution in [1.82, 2.24) is 0 Å². The maximum absolute atomic E-state index is 5.89. The van der Waals surface area contributed by atoms with Gasteiger partial charge >= 0.3 is 0 Å². The van der Waals surface area contributed by atoms with Gasteiger partial charge in [0.2, 0.25) is 0 Å². The summed E-state index contributed by atoms with van der Waals surface area (Å²) in [6.45, 7) is 8.31. The van der Waals surface area contributed by atoms with E-state index in [2.05, 4.69) is 45.0 Å². The first kappa shape index (κ1) is 14.5. The van der Waals surface area contributed by atoms with Crippen molar-refractivity contribution in [1.29, 1.82) is 0 Å². The van der Waals surface area contributed by atoms with E-state index in [0.717, 1.165) is 32.5 Å². The van der Waals surface area contributed by atoms with E-state index in [1.807, 2.05) is 0 Å². The summed E-state index contributed by atoms with van der Waals surface area (Å²) in [6, 6.07) is 9.42. The Balaban J connectivity index is 2.06. The van der Waals surface area contributed by atoms with Gasteiger partial charge in [0.1, 0.15) is 0 Å². The first-order valence-corrected chi connectivity index (χ1v) is 7.44. The predicted molar refractivity (Wildman–Crippen MR) is 80.4 cm³/mol. The summed E-state index contributed by atoms with van der Waals surface area (Å²) in [5, 5.41) is 0. The maximum Gasteiger partial charge on any atom is 0.0585 e. The molecule has 1 aliphatic rings. The number of benzene rings is 1. The van der Waals surface area contributed by atoms with E-state index in [1.165, 1.54) is 11.1 Å². The third kappa shape index (κ3) is 3.58. The molecular weight excluding hydrogens is 234 g/mol. The van der Waals surface area contributed by atoms with Gasteiger partial charge in [0.25, 0.3) is 0 Å². The Labute approximate surface area is 117 Å². The molecule has 1 heterocycles. The highest BCUT2D eigenvalue weighted by molar-refractivity contribution is 5.31. The zero-order valence-corrected chi connectivity index (χ0v) is 12.5. The van der Waals surface area contributed by atoms with Crippen molar-refractivity contribution in [3.63, 3.8) is 0 Å². The molecule has 2 nitrogen and oxygen atoms in total. The van der Waals surface area contributed by atoms with Gasteiger partial charge in [-0.2, -0.15) is 0 Å². The molecular formula is C17H27NO. The van der Waals surface area contributed by atoms with Gasteiger partial charge in [-0.3, -0.25) is 0 Å². The molecule has 106 valence electrons. The van der Waals surface area contributed by atoms with E-state index in [1.54, 1.807) is 0 Å². The van der Waals surface area contributed by atoms with Crippen LogP contribution in [-0.2, 0) is 16.6 Å². The average Bonchev–Trinajstić information content (AvgIpc) is 2.28. The standard InChI is InChI=1S/C17H27NO/c1-13(2)10-15-4-6-16(7-5-15)17(11-19-12-17)9-8-14(3)18/h4-7,13-14H,8-12,18H2,1-3H3. The summed E-state index contributed by atoms with van der Waals surface area (Å²) in [5.74, 6) is 0.713. The topological polar surface area (TPSA) is 35.2 Å². The van der Waals surface area contributed by atoms with Gasteiger partial charge < -0.3 is 10.5 Å². The maximum atomic E-state index is 5.89. The molecule has 0 amide bonds. The van der Waals surface area contributed by atoms with Crippen molar-refractivity contribution in [2.24, 2.45) is 11.7 Å². The Morgan fingerprint density at radius 1 is 1.16 bits per heavy atom. The number of ether oxygens (including phenoxy) is 1. The SMILES string of the molecule is CC(C)Cc1ccc(C2(CCC(C)N)COC2)cc1. The monoisotopic (exact) mass is 261 g/mol. The third-order valence-corrected chi connectivity index (χ3v) is 4.05. The number of nitrogens with two attached hydrogens (primary N) is 1. The lowest BCUT2D eigenvalue weighted by Gasteiger charge is -2.42. The fourth-order valence-electron chi connectivity index (χ4n) is 2.77. The van der Waals surface area contributed by atoms with Crippen molar-refractivity contribution in [3.05, 3.63) is 35.4 Å². The third-order valence-electron chi connectivity index (χ3n) is 4.05. The molecule has 2 rings (SSSR count). The van der Waals surface area contributed by atoms with E-state index in [9.17, 15) is 0 Å². The largest absolute Gasteiger partial charge is 0.379 e. The van der Waals surface area contributed by atoms with E-state index >= 15 is 0 Å². The zero-order valence-electron chi connectivity index (χ0n) is 12.5. The fraction of sp³-hybridized carbons (Fsp3) is 0.647. The van der Waals surface area contributed by atoms with Crippen molar-refractivity contribution >= 4 is 0 Å². The normalized spacial score (nSPS) is 19.2. The van der Waals surface area contributed by atoms with E-state index < -0.39 is 0 Å². The van der Waals surface area contributed by atoms with Gasteiger partial charge in [-0.05, 0) is 43.2 Å². The van der Waals surface area contributed by atoms with Crippen LogP contribution in [0.4, 0.5) is 0 Å². The van der Waals surface area contributed by atoms with Crippen molar-refractivity contribution in [2.45, 2.75) is 51.5 Å². The zero-order chi connectivity index (χ0) is 13.9. The van der Waals surface area contributed by atoms with E-state index in [-0.39, 0.29) is 11.5 Å². The Hall–Kier alpha value is -0.860. The second-order valence-corrected chi connectivity index (χ2v) is 6.58. The molecule has 2 heteroatoms. The molecule has 1 atom stereocenters. The Morgan fingerprint density at radius 2 is 1.79 bits per heavy atom. The van der Waals surface area contributed by atoms with Gasteiger partial charge in [-0.15, -0.1) is 0 Å². The van der Waals surface area contributed by atoms with Crippen LogP contribution in [0.1, 0.15) is 44.7 Å². The predicted octanol–water partition coefficient (Wildman–Crippen LogP) is 3.28. The molecule has 19 heavy (non-hydrogen) atoms. The second-order valence-electron chi connectivity index (χ2n) is 6.58. The molecule has 2 N–H and O–H groups in total. The molecule has 1 aliphatic heterocycles. The average molecular weight is 261 g/mol. The minimum Gasteiger partial charge on any atom is -0.379 e. The molecule has 1 saturated heterocycles. The van der Waals surface area contributed by atoms with Crippen LogP contribution in [0.5, 0.6) is 0 Å². The number of hydrogen-bond donors (Lipinski definition) is 1. The minimum atomic E-state index is 0.226. The molecule has 1 unspecified atom stereocenters. The lowest BCUT2D eigenvalue weighted by Crippen LogP contribution is -2.47. The summed E-state index contributed by atoms with van der Waals surface area (Å²) in [5.41, 5.74) is 8.98. The van der Waals surface area contributed by atoms with Crippen molar-refractivity contribution < 1.29 is 4.74 Å². The molecule has 1 fully saturated rings. The molecule has 1 aromatic carbocycles. The lowest BCUT2D eigenvalue weighted by atomic mass is 9.74. The first-order chi connectivity index (χ1) is 9.02. The molecule has 0 aromatic heterocycles. The summed E-state index contributed by atoms with van der Waals surface area (Å²) in [7, 11) is 0. The van der Waals surface area contributed by atoms with Crippen molar-refractivity contribution in [2.75, 3.05) is 13.2 Å². The van der Waals surface area contributed by atoms with Crippen LogP contribution < -0.4 is 5.73 Å². The minimum absolute atomic E-state index is 0.226. The first-order valence-electron chi connectivity index (χ1n) is 7.44. The highest BCUT2D eigenvalue weighted by Gasteiger charge is 2.39. The Kier molecular flexibility index (Phi) is 4.64. The van der Waals surface area contributed by atoms with Gasteiger partial charge in [0.05, 0.1) is 13.2 Å². The van der Waals surface area contributed by atoms with Gasteiger partial charge in [0, 0.05) is 11.5 Å². The molecule has 0 bridgehead atoms. The van der Waals surface area contributed by atoms with Crippen LogP contribution in [-0.4, -0.2) is 19.3 Å². The molecule has 1 aromatic rings.